The SMILES string of the molecule is COc1c2cc(c(OC3OC(COC(=O)c4cc(O)c(O)c(O)c4)C(O)C(O)C3O)c1OC)CCCCC(=O)CCc1ccc(O)c-2c1. The van der Waals surface area contributed by atoms with Crippen molar-refractivity contribution >= 4 is 11.8 Å². The van der Waals surface area contributed by atoms with Crippen LogP contribution in [0.1, 0.15) is 47.2 Å². The summed E-state index contributed by atoms with van der Waals surface area (Å²) in [5, 5.41) is 72.1. The van der Waals surface area contributed by atoms with Crippen LogP contribution in [0.15, 0.2) is 36.4 Å². The molecule has 3 aromatic rings. The molecule has 4 bridgehead atoms. The first-order valence-corrected chi connectivity index (χ1v) is 15.3. The van der Waals surface area contributed by atoms with E-state index in [1.807, 2.05) is 0 Å². The maximum atomic E-state index is 12.6. The summed E-state index contributed by atoms with van der Waals surface area (Å²) in [6, 6.07) is 8.55. The van der Waals surface area contributed by atoms with Gasteiger partial charge >= 0.3 is 5.97 Å². The summed E-state index contributed by atoms with van der Waals surface area (Å²) >= 11 is 0. The number of ketones is 1. The quantitative estimate of drug-likeness (QED) is 0.142. The van der Waals surface area contributed by atoms with Gasteiger partial charge in [0.05, 0.1) is 19.8 Å². The smallest absolute Gasteiger partial charge is 0.338 e. The van der Waals surface area contributed by atoms with E-state index in [4.69, 9.17) is 23.7 Å². The Balaban J connectivity index is 1.47. The van der Waals surface area contributed by atoms with Gasteiger partial charge in [0, 0.05) is 24.0 Å². The monoisotopic (exact) mass is 670 g/mol. The van der Waals surface area contributed by atoms with E-state index >= 15 is 0 Å². The third kappa shape index (κ3) is 7.06. The second-order valence-electron chi connectivity index (χ2n) is 11.7. The number of fused-ring (bicyclic) bond motifs is 5. The summed E-state index contributed by atoms with van der Waals surface area (Å²) < 4.78 is 28.6. The van der Waals surface area contributed by atoms with E-state index in [1.165, 1.54) is 14.2 Å². The highest BCUT2D eigenvalue weighted by atomic mass is 16.7. The molecule has 0 aromatic heterocycles. The maximum absolute atomic E-state index is 12.6. The van der Waals surface area contributed by atoms with E-state index in [0.29, 0.717) is 55.2 Å². The number of hydrogen-bond acceptors (Lipinski definition) is 14. The number of benzene rings is 3. The Labute approximate surface area is 275 Å². The van der Waals surface area contributed by atoms with Gasteiger partial charge in [0.1, 0.15) is 42.6 Å². The van der Waals surface area contributed by atoms with Crippen LogP contribution in [0.2, 0.25) is 0 Å². The number of ether oxygens (including phenoxy) is 5. The molecule has 5 rings (SSSR count). The number of aliphatic hydroxyl groups is 3. The van der Waals surface area contributed by atoms with E-state index in [-0.39, 0.29) is 34.3 Å². The fourth-order valence-corrected chi connectivity index (χ4v) is 5.81. The minimum atomic E-state index is -1.81. The zero-order valence-electron chi connectivity index (χ0n) is 26.3. The third-order valence-electron chi connectivity index (χ3n) is 8.46. The predicted molar refractivity (Wildman–Crippen MR) is 167 cm³/mol. The molecule has 3 aromatic carbocycles. The highest BCUT2D eigenvalue weighted by Crippen LogP contribution is 2.50. The van der Waals surface area contributed by atoms with Crippen LogP contribution in [0.25, 0.3) is 11.1 Å². The van der Waals surface area contributed by atoms with Crippen molar-refractivity contribution < 1.29 is 69.0 Å². The normalized spacial score (nSPS) is 22.9. The molecule has 258 valence electrons. The largest absolute Gasteiger partial charge is 0.507 e. The molecule has 5 atom stereocenters. The van der Waals surface area contributed by atoms with E-state index in [2.05, 4.69) is 0 Å². The molecule has 0 spiro atoms. The number of carbonyl (C=O) groups excluding carboxylic acids is 2. The van der Waals surface area contributed by atoms with E-state index < -0.39 is 60.5 Å². The number of esters is 1. The molecule has 1 aliphatic carbocycles. The van der Waals surface area contributed by atoms with Crippen LogP contribution in [0.3, 0.4) is 0 Å². The minimum absolute atomic E-state index is 0.0295. The van der Waals surface area contributed by atoms with Gasteiger partial charge in [0.2, 0.25) is 12.0 Å². The van der Waals surface area contributed by atoms with Gasteiger partial charge in [-0.05, 0) is 67.1 Å². The molecule has 48 heavy (non-hydrogen) atoms. The predicted octanol–water partition coefficient (Wildman–Crippen LogP) is 2.46. The van der Waals surface area contributed by atoms with Crippen LogP contribution >= 0.6 is 0 Å². The van der Waals surface area contributed by atoms with Crippen molar-refractivity contribution in [3.8, 4) is 51.4 Å². The first kappa shape index (κ1) is 34.6. The molecule has 14 nitrogen and oxygen atoms in total. The summed E-state index contributed by atoms with van der Waals surface area (Å²) in [5.74, 6) is -2.99. The number of hydrogen-bond donors (Lipinski definition) is 7. The van der Waals surface area contributed by atoms with Crippen LogP contribution in [0.5, 0.6) is 40.2 Å². The number of carbonyl (C=O) groups is 2. The zero-order chi connectivity index (χ0) is 34.7. The van der Waals surface area contributed by atoms with Crippen molar-refractivity contribution in [2.24, 2.45) is 0 Å². The number of aliphatic hydroxyl groups excluding tert-OH is 3. The molecule has 7 N–H and O–H groups in total. The van der Waals surface area contributed by atoms with Crippen LogP contribution in [-0.2, 0) is 27.1 Å². The van der Waals surface area contributed by atoms with Gasteiger partial charge < -0.3 is 59.4 Å². The first-order valence-electron chi connectivity index (χ1n) is 15.3. The Morgan fingerprint density at radius 2 is 1.46 bits per heavy atom. The van der Waals surface area contributed by atoms with Crippen molar-refractivity contribution in [2.75, 3.05) is 20.8 Å². The highest BCUT2D eigenvalue weighted by Gasteiger charge is 2.46. The number of rotatable bonds is 7. The molecule has 0 saturated carbocycles. The Morgan fingerprint density at radius 1 is 0.771 bits per heavy atom. The maximum Gasteiger partial charge on any atom is 0.338 e. The molecule has 1 fully saturated rings. The lowest BCUT2D eigenvalue weighted by molar-refractivity contribution is -0.277. The van der Waals surface area contributed by atoms with Gasteiger partial charge in [-0.25, -0.2) is 4.79 Å². The molecule has 1 aliphatic heterocycles. The van der Waals surface area contributed by atoms with Gasteiger partial charge in [-0.1, -0.05) is 6.07 Å². The second-order valence-corrected chi connectivity index (χ2v) is 11.7. The Bertz CT molecular complexity index is 1650. The summed E-state index contributed by atoms with van der Waals surface area (Å²) in [5.41, 5.74) is 1.99. The summed E-state index contributed by atoms with van der Waals surface area (Å²) in [6.45, 7) is -0.651. The van der Waals surface area contributed by atoms with Crippen LogP contribution in [-0.4, -0.2) is 99.0 Å². The third-order valence-corrected chi connectivity index (χ3v) is 8.46. The Hall–Kier alpha value is -4.76. The number of aromatic hydroxyl groups is 4. The number of aryl methyl sites for hydroxylation is 2. The molecule has 1 saturated heterocycles. The fourth-order valence-electron chi connectivity index (χ4n) is 5.81. The molecule has 2 aliphatic rings. The summed E-state index contributed by atoms with van der Waals surface area (Å²) in [6.07, 6.45) is -5.60. The van der Waals surface area contributed by atoms with E-state index in [0.717, 1.165) is 17.7 Å². The van der Waals surface area contributed by atoms with Gasteiger partial charge in [-0.15, -0.1) is 0 Å². The topological polar surface area (TPSA) is 222 Å². The van der Waals surface area contributed by atoms with Crippen molar-refractivity contribution in [3.63, 3.8) is 0 Å². The van der Waals surface area contributed by atoms with Gasteiger partial charge in [-0.2, -0.15) is 0 Å². The Kier molecular flexibility index (Phi) is 10.5. The average molecular weight is 671 g/mol. The number of Topliss-reactive ketones (excluding diaryl/α,β-unsaturated/α-hetero) is 1. The number of phenolic OH excluding ortho intramolecular Hbond substituents is 4. The molecule has 5 unspecified atom stereocenters. The van der Waals surface area contributed by atoms with Crippen molar-refractivity contribution in [2.45, 2.75) is 69.2 Å². The average Bonchev–Trinajstić information content (AvgIpc) is 3.08. The van der Waals surface area contributed by atoms with Crippen LogP contribution in [0, 0.1) is 0 Å². The lowest BCUT2D eigenvalue weighted by Gasteiger charge is -2.40. The standard InChI is InChI=1S/C34H38O14/c1-44-31-21-12-17(5-3-4-6-19(35)9-7-16-8-10-22(36)20(21)11-16)30(32(31)45-2)48-34-29(42)28(41)27(40)25(47-34)15-46-33(43)18-13-23(37)26(39)24(38)14-18/h8,10-14,25,27-29,34,36-42H,3-7,9,15H2,1-2H3. The van der Waals surface area contributed by atoms with E-state index in [9.17, 15) is 45.3 Å². The molecular weight excluding hydrogens is 632 g/mol. The van der Waals surface area contributed by atoms with Gasteiger partial charge in [0.25, 0.3) is 0 Å². The van der Waals surface area contributed by atoms with Crippen molar-refractivity contribution in [3.05, 3.63) is 53.1 Å². The molecule has 0 amide bonds. The summed E-state index contributed by atoms with van der Waals surface area (Å²) in [7, 11) is 2.78. The highest BCUT2D eigenvalue weighted by molar-refractivity contribution is 5.91. The number of methoxy groups -OCH3 is 2. The second kappa shape index (κ2) is 14.6. The molecule has 1 heterocycles. The lowest BCUT2D eigenvalue weighted by atomic mass is 9.95. The molecule has 0 radical (unpaired) electrons. The molecule has 14 heteroatoms. The fraction of sp³-hybridized carbons (Fsp3) is 0.412. The Morgan fingerprint density at radius 3 is 2.15 bits per heavy atom. The zero-order valence-corrected chi connectivity index (χ0v) is 26.3. The molecular formula is C34H38O14. The summed E-state index contributed by atoms with van der Waals surface area (Å²) in [4.78, 5) is 25.2. The van der Waals surface area contributed by atoms with Crippen molar-refractivity contribution in [1.82, 2.24) is 0 Å². The minimum Gasteiger partial charge on any atom is -0.507 e. The van der Waals surface area contributed by atoms with Gasteiger partial charge in [-0.3, -0.25) is 4.79 Å². The number of phenols is 4. The van der Waals surface area contributed by atoms with Crippen LogP contribution in [0.4, 0.5) is 0 Å². The lowest BCUT2D eigenvalue weighted by Crippen LogP contribution is -2.60. The van der Waals surface area contributed by atoms with Gasteiger partial charge in [0.15, 0.2) is 28.7 Å². The van der Waals surface area contributed by atoms with Crippen LogP contribution < -0.4 is 14.2 Å². The van der Waals surface area contributed by atoms with Crippen molar-refractivity contribution in [1.29, 1.82) is 0 Å². The van der Waals surface area contributed by atoms with E-state index in [1.54, 1.807) is 24.3 Å². The first-order chi connectivity index (χ1) is 22.9.